The quantitative estimate of drug-likeness (QED) is 0.399. The molecule has 0 unspecified atom stereocenters. The van der Waals surface area contributed by atoms with Gasteiger partial charge in [-0.25, -0.2) is 13.5 Å². The van der Waals surface area contributed by atoms with E-state index in [4.69, 9.17) is 16.3 Å². The fraction of sp³-hybridized carbons (Fsp3) is 0.318. The Bertz CT molecular complexity index is 1220. The molecule has 0 spiro atoms. The molecule has 0 amide bonds. The standard InChI is InChI=1S/C17H12ClF2N3O2.C5H10O2/c1-9-4-14(25-8-10-2-3-12(19)5-13(10)20)15(18)17(24)22(9)6-11-7-23-16(11)21-23;1-5(2,3)7-4-6/h2-5,7H,6,8H2,1H3;4H,1-3H3. The summed E-state index contributed by atoms with van der Waals surface area (Å²) in [5.41, 5.74) is 1.08. The van der Waals surface area contributed by atoms with Crippen molar-refractivity contribution >= 4 is 18.1 Å². The Labute approximate surface area is 188 Å². The van der Waals surface area contributed by atoms with E-state index in [0.717, 1.165) is 23.5 Å². The Morgan fingerprint density at radius 3 is 2.41 bits per heavy atom. The van der Waals surface area contributed by atoms with Crippen LogP contribution in [0.2, 0.25) is 5.02 Å². The lowest BCUT2D eigenvalue weighted by Gasteiger charge is -2.15. The van der Waals surface area contributed by atoms with Gasteiger partial charge in [0.15, 0.2) is 5.82 Å². The zero-order valence-corrected chi connectivity index (χ0v) is 18.7. The minimum absolute atomic E-state index is 0.0809. The molecule has 1 aromatic heterocycles. The van der Waals surface area contributed by atoms with Gasteiger partial charge in [-0.1, -0.05) is 11.6 Å². The molecule has 0 fully saturated rings. The second-order valence-electron chi connectivity index (χ2n) is 8.13. The van der Waals surface area contributed by atoms with Gasteiger partial charge in [-0.2, -0.15) is 0 Å². The van der Waals surface area contributed by atoms with Crippen molar-refractivity contribution in [3.63, 3.8) is 0 Å². The summed E-state index contributed by atoms with van der Waals surface area (Å²) in [4.78, 5) is 22.1. The molecule has 170 valence electrons. The van der Waals surface area contributed by atoms with Crippen molar-refractivity contribution in [2.24, 2.45) is 0 Å². The van der Waals surface area contributed by atoms with Gasteiger partial charge in [0.05, 0.1) is 6.54 Å². The van der Waals surface area contributed by atoms with Crippen molar-refractivity contribution in [3.05, 3.63) is 74.3 Å². The Kier molecular flexibility index (Phi) is 6.68. The van der Waals surface area contributed by atoms with E-state index < -0.39 is 17.2 Å². The van der Waals surface area contributed by atoms with Crippen LogP contribution in [0.25, 0.3) is 5.82 Å². The molecular formula is C22H22ClF2N3O4. The third-order valence-corrected chi connectivity index (χ3v) is 4.84. The highest BCUT2D eigenvalue weighted by molar-refractivity contribution is 6.31. The minimum Gasteiger partial charge on any atom is -0.487 e. The van der Waals surface area contributed by atoms with Crippen LogP contribution in [0, 0.1) is 18.6 Å². The van der Waals surface area contributed by atoms with E-state index in [1.54, 1.807) is 17.7 Å². The van der Waals surface area contributed by atoms with Gasteiger partial charge in [0.25, 0.3) is 12.0 Å². The lowest BCUT2D eigenvalue weighted by atomic mass is 10.2. The molecule has 0 aliphatic carbocycles. The maximum absolute atomic E-state index is 13.7. The predicted octanol–water partition coefficient (Wildman–Crippen LogP) is 4.17. The molecule has 1 aromatic carbocycles. The molecule has 0 atom stereocenters. The van der Waals surface area contributed by atoms with Crippen molar-refractivity contribution < 1.29 is 23.0 Å². The number of aromatic nitrogens is 3. The van der Waals surface area contributed by atoms with Gasteiger partial charge < -0.3 is 14.0 Å². The van der Waals surface area contributed by atoms with Crippen LogP contribution in [0.1, 0.15) is 37.6 Å². The topological polar surface area (TPSA) is 75.3 Å². The zero-order chi connectivity index (χ0) is 23.6. The van der Waals surface area contributed by atoms with Crippen molar-refractivity contribution in [1.29, 1.82) is 0 Å². The number of carbonyl (C=O) groups is 1. The van der Waals surface area contributed by atoms with Gasteiger partial charge in [-0.15, -0.1) is 5.10 Å². The number of benzene rings is 1. The largest absolute Gasteiger partial charge is 0.487 e. The van der Waals surface area contributed by atoms with Crippen LogP contribution in [0.3, 0.4) is 0 Å². The number of ether oxygens (including phenoxy) is 2. The van der Waals surface area contributed by atoms with E-state index >= 15 is 0 Å². The minimum atomic E-state index is -0.715. The predicted molar refractivity (Wildman–Crippen MR) is 114 cm³/mol. The van der Waals surface area contributed by atoms with Crippen LogP contribution in [-0.4, -0.2) is 26.4 Å². The first-order chi connectivity index (χ1) is 15.0. The van der Waals surface area contributed by atoms with Crippen LogP contribution in [0.4, 0.5) is 8.78 Å². The van der Waals surface area contributed by atoms with Crippen LogP contribution < -0.4 is 10.3 Å². The number of hydrogen-bond donors (Lipinski definition) is 0. The van der Waals surface area contributed by atoms with Crippen LogP contribution in [-0.2, 0) is 22.7 Å². The number of aryl methyl sites for hydroxylation is 1. The second kappa shape index (κ2) is 9.12. The highest BCUT2D eigenvalue weighted by Gasteiger charge is 2.25. The summed E-state index contributed by atoms with van der Waals surface area (Å²) in [5, 5.41) is 3.96. The maximum Gasteiger partial charge on any atom is 0.293 e. The van der Waals surface area contributed by atoms with E-state index in [1.807, 2.05) is 27.0 Å². The molecule has 2 aromatic rings. The molecule has 4 rings (SSSR count). The summed E-state index contributed by atoms with van der Waals surface area (Å²) in [7, 11) is 0. The molecule has 2 aliphatic rings. The van der Waals surface area contributed by atoms with Gasteiger partial charge >= 0.3 is 0 Å². The van der Waals surface area contributed by atoms with Gasteiger partial charge in [0.2, 0.25) is 0 Å². The van der Waals surface area contributed by atoms with Crippen LogP contribution in [0.5, 0.6) is 5.75 Å². The lowest BCUT2D eigenvalue weighted by Crippen LogP contribution is -2.24. The van der Waals surface area contributed by atoms with E-state index in [2.05, 4.69) is 9.84 Å². The Morgan fingerprint density at radius 2 is 1.91 bits per heavy atom. The zero-order valence-electron chi connectivity index (χ0n) is 18.0. The van der Waals surface area contributed by atoms with E-state index in [-0.39, 0.29) is 28.5 Å². The monoisotopic (exact) mass is 465 g/mol. The average Bonchev–Trinajstić information content (AvgIpc) is 3.34. The Hall–Kier alpha value is -3.20. The highest BCUT2D eigenvalue weighted by Crippen LogP contribution is 2.27. The summed E-state index contributed by atoms with van der Waals surface area (Å²) in [6, 6.07) is 4.83. The van der Waals surface area contributed by atoms with Crippen molar-refractivity contribution in [1.82, 2.24) is 14.3 Å². The summed E-state index contributed by atoms with van der Waals surface area (Å²) in [5.74, 6) is -0.332. The number of hydrogen-bond acceptors (Lipinski definition) is 5. The van der Waals surface area contributed by atoms with Crippen LogP contribution in [0.15, 0.2) is 35.3 Å². The number of nitrogens with zero attached hydrogens (tertiary/aromatic N) is 3. The summed E-state index contributed by atoms with van der Waals surface area (Å²) in [6.07, 6.45) is 1.84. The summed E-state index contributed by atoms with van der Waals surface area (Å²) < 4.78 is 39.9. The van der Waals surface area contributed by atoms with E-state index in [9.17, 15) is 18.4 Å². The third kappa shape index (κ3) is 5.53. The van der Waals surface area contributed by atoms with Gasteiger partial charge in [0, 0.05) is 35.2 Å². The third-order valence-electron chi connectivity index (χ3n) is 4.49. The molecule has 10 heteroatoms. The SMILES string of the molecule is CC(C)(C)OC=O.Cc1cc(OCc2ccc(F)cc2F)c(Cl)c(=O)n1Cc1cn2nc1-2. The van der Waals surface area contributed by atoms with Gasteiger partial charge in [0.1, 0.15) is 34.6 Å². The molecule has 0 saturated heterocycles. The van der Waals surface area contributed by atoms with E-state index in [1.165, 1.54) is 10.6 Å². The molecule has 32 heavy (non-hydrogen) atoms. The summed E-state index contributed by atoms with van der Waals surface area (Å²) in [6.45, 7) is 7.90. The molecule has 3 heterocycles. The number of fused-ring (bicyclic) bond motifs is 1. The fourth-order valence-corrected chi connectivity index (χ4v) is 2.97. The van der Waals surface area contributed by atoms with E-state index in [0.29, 0.717) is 18.7 Å². The maximum atomic E-state index is 13.7. The second-order valence-corrected chi connectivity index (χ2v) is 8.51. The summed E-state index contributed by atoms with van der Waals surface area (Å²) >= 11 is 6.12. The molecule has 0 saturated carbocycles. The molecule has 7 nitrogen and oxygen atoms in total. The Morgan fingerprint density at radius 1 is 1.19 bits per heavy atom. The van der Waals surface area contributed by atoms with Crippen molar-refractivity contribution in [3.8, 4) is 11.6 Å². The molecule has 0 radical (unpaired) electrons. The molecule has 0 bridgehead atoms. The number of halogens is 3. The van der Waals surface area contributed by atoms with Crippen molar-refractivity contribution in [2.75, 3.05) is 0 Å². The average molecular weight is 466 g/mol. The number of rotatable bonds is 6. The lowest BCUT2D eigenvalue weighted by molar-refractivity contribution is -0.138. The first-order valence-electron chi connectivity index (χ1n) is 9.67. The smallest absolute Gasteiger partial charge is 0.293 e. The fourth-order valence-electron chi connectivity index (χ4n) is 2.76. The molecule has 0 N–H and O–H groups in total. The van der Waals surface area contributed by atoms with Crippen LogP contribution >= 0.6 is 11.6 Å². The molecular weight excluding hydrogens is 444 g/mol. The van der Waals surface area contributed by atoms with Gasteiger partial charge in [-0.05, 0) is 39.8 Å². The first kappa shape index (κ1) is 23.5. The molecule has 2 aliphatic heterocycles. The first-order valence-corrected chi connectivity index (χ1v) is 10.0. The number of pyridine rings is 1. The van der Waals surface area contributed by atoms with Crippen molar-refractivity contribution in [2.45, 2.75) is 46.4 Å². The van der Waals surface area contributed by atoms with Gasteiger partial charge in [-0.3, -0.25) is 9.59 Å². The Balaban J connectivity index is 0.000000360. The normalized spacial score (nSPS) is 11.5. The number of carbonyl (C=O) groups excluding carboxylic acids is 1. The highest BCUT2D eigenvalue weighted by atomic mass is 35.5.